The summed E-state index contributed by atoms with van der Waals surface area (Å²) in [4.78, 5) is 29.4. The quantitative estimate of drug-likeness (QED) is 0.781. The van der Waals surface area contributed by atoms with Gasteiger partial charge in [-0.3, -0.25) is 14.6 Å². The summed E-state index contributed by atoms with van der Waals surface area (Å²) < 4.78 is 0. The maximum absolute atomic E-state index is 11.7. The Balaban J connectivity index is 2.41. The van der Waals surface area contributed by atoms with Crippen LogP contribution < -0.4 is 10.6 Å². The molecule has 0 spiro atoms. The molecule has 0 aliphatic carbocycles. The summed E-state index contributed by atoms with van der Waals surface area (Å²) in [6.07, 6.45) is 3.15. The Hall–Kier alpha value is -1.95. The maximum Gasteiger partial charge on any atom is 0.313 e. The van der Waals surface area contributed by atoms with Crippen LogP contribution in [0.1, 0.15) is 19.4 Å². The zero-order valence-electron chi connectivity index (χ0n) is 12.4. The van der Waals surface area contributed by atoms with Gasteiger partial charge in [0, 0.05) is 25.3 Å². The third-order valence-corrected chi connectivity index (χ3v) is 3.13. The van der Waals surface area contributed by atoms with E-state index in [-0.39, 0.29) is 0 Å². The first-order chi connectivity index (χ1) is 9.41. The molecular weight excluding hydrogens is 256 g/mol. The molecule has 0 radical (unpaired) electrons. The molecule has 0 bridgehead atoms. The molecule has 1 rings (SSSR count). The van der Waals surface area contributed by atoms with E-state index in [1.54, 1.807) is 12.3 Å². The van der Waals surface area contributed by atoms with E-state index in [0.717, 1.165) is 5.56 Å². The van der Waals surface area contributed by atoms with Crippen molar-refractivity contribution in [2.75, 3.05) is 25.5 Å². The molecule has 1 heterocycles. The highest BCUT2D eigenvalue weighted by Crippen LogP contribution is 2.10. The third kappa shape index (κ3) is 4.97. The summed E-state index contributed by atoms with van der Waals surface area (Å²) in [5.41, 5.74) is 1.41. The third-order valence-electron chi connectivity index (χ3n) is 3.13. The number of nitrogens with zero attached hydrogens (tertiary/aromatic N) is 2. The standard InChI is InChI=1S/C14H22N4O2/c1-10(2)18(4)8-7-16-13(19)14(20)17-12-9-15-6-5-11(12)3/h5-6,9-10H,7-8H2,1-4H3,(H,16,19)(H,17,20). The van der Waals surface area contributed by atoms with E-state index in [0.29, 0.717) is 24.8 Å². The Morgan fingerprint density at radius 3 is 2.65 bits per heavy atom. The fraction of sp³-hybridized carbons (Fsp3) is 0.500. The number of hydrogen-bond donors (Lipinski definition) is 2. The Labute approximate surface area is 119 Å². The second kappa shape index (κ2) is 7.59. The lowest BCUT2D eigenvalue weighted by molar-refractivity contribution is -0.136. The predicted octanol–water partition coefficient (Wildman–Crippen LogP) is 0.785. The number of likely N-dealkylation sites (N-methyl/N-ethyl adjacent to an activating group) is 1. The second-order valence-electron chi connectivity index (χ2n) is 4.97. The number of rotatable bonds is 5. The molecule has 0 aliphatic rings. The minimum atomic E-state index is -0.673. The van der Waals surface area contributed by atoms with Crippen LogP contribution >= 0.6 is 0 Å². The molecule has 6 nitrogen and oxygen atoms in total. The van der Waals surface area contributed by atoms with Crippen molar-refractivity contribution in [2.24, 2.45) is 0 Å². The molecule has 0 fully saturated rings. The van der Waals surface area contributed by atoms with E-state index in [4.69, 9.17) is 0 Å². The predicted molar refractivity (Wildman–Crippen MR) is 78.4 cm³/mol. The van der Waals surface area contributed by atoms with E-state index in [1.807, 2.05) is 14.0 Å². The number of aryl methyl sites for hydroxylation is 1. The van der Waals surface area contributed by atoms with Crippen LogP contribution in [-0.4, -0.2) is 47.9 Å². The molecule has 0 unspecified atom stereocenters. The molecule has 1 aromatic heterocycles. The first-order valence-electron chi connectivity index (χ1n) is 6.62. The van der Waals surface area contributed by atoms with E-state index in [1.165, 1.54) is 6.20 Å². The van der Waals surface area contributed by atoms with Gasteiger partial charge in [-0.15, -0.1) is 0 Å². The largest absolute Gasteiger partial charge is 0.347 e. The number of nitrogens with one attached hydrogen (secondary N) is 2. The van der Waals surface area contributed by atoms with Crippen LogP contribution in [0.3, 0.4) is 0 Å². The van der Waals surface area contributed by atoms with Gasteiger partial charge in [0.2, 0.25) is 0 Å². The van der Waals surface area contributed by atoms with Crippen molar-refractivity contribution in [1.82, 2.24) is 15.2 Å². The highest BCUT2D eigenvalue weighted by molar-refractivity contribution is 6.39. The van der Waals surface area contributed by atoms with Crippen molar-refractivity contribution in [3.63, 3.8) is 0 Å². The fourth-order valence-corrected chi connectivity index (χ4v) is 1.46. The van der Waals surface area contributed by atoms with Crippen LogP contribution in [-0.2, 0) is 9.59 Å². The van der Waals surface area contributed by atoms with Gasteiger partial charge in [0.15, 0.2) is 0 Å². The van der Waals surface area contributed by atoms with E-state index in [9.17, 15) is 9.59 Å². The lowest BCUT2D eigenvalue weighted by atomic mass is 10.2. The highest BCUT2D eigenvalue weighted by Gasteiger charge is 2.14. The van der Waals surface area contributed by atoms with Gasteiger partial charge in [0.05, 0.1) is 11.9 Å². The lowest BCUT2D eigenvalue weighted by Crippen LogP contribution is -2.40. The topological polar surface area (TPSA) is 74.3 Å². The van der Waals surface area contributed by atoms with Crippen LogP contribution in [0, 0.1) is 6.92 Å². The zero-order valence-corrected chi connectivity index (χ0v) is 12.4. The Morgan fingerprint density at radius 1 is 1.35 bits per heavy atom. The van der Waals surface area contributed by atoms with Crippen LogP contribution in [0.5, 0.6) is 0 Å². The van der Waals surface area contributed by atoms with Gasteiger partial charge in [-0.25, -0.2) is 0 Å². The Morgan fingerprint density at radius 2 is 2.05 bits per heavy atom. The SMILES string of the molecule is Cc1ccncc1NC(=O)C(=O)NCCN(C)C(C)C. The average molecular weight is 278 g/mol. The number of aromatic nitrogens is 1. The first kappa shape index (κ1) is 16.1. The molecule has 0 aliphatic heterocycles. The lowest BCUT2D eigenvalue weighted by Gasteiger charge is -2.20. The fourth-order valence-electron chi connectivity index (χ4n) is 1.46. The number of hydrogen-bond acceptors (Lipinski definition) is 4. The molecule has 2 amide bonds. The number of amides is 2. The van der Waals surface area contributed by atoms with Crippen LogP contribution in [0.2, 0.25) is 0 Å². The van der Waals surface area contributed by atoms with Crippen molar-refractivity contribution in [3.8, 4) is 0 Å². The number of carbonyl (C=O) groups is 2. The van der Waals surface area contributed by atoms with Crippen molar-refractivity contribution in [1.29, 1.82) is 0 Å². The number of carbonyl (C=O) groups excluding carboxylic acids is 2. The molecule has 0 saturated carbocycles. The van der Waals surface area contributed by atoms with Gasteiger partial charge in [-0.1, -0.05) is 0 Å². The molecule has 0 aromatic carbocycles. The molecule has 6 heteroatoms. The van der Waals surface area contributed by atoms with Crippen LogP contribution in [0.15, 0.2) is 18.5 Å². The van der Waals surface area contributed by atoms with Gasteiger partial charge in [-0.2, -0.15) is 0 Å². The van der Waals surface area contributed by atoms with E-state index in [2.05, 4.69) is 34.4 Å². The monoisotopic (exact) mass is 278 g/mol. The normalized spacial score (nSPS) is 10.7. The number of anilines is 1. The molecular formula is C14H22N4O2. The summed E-state index contributed by atoms with van der Waals surface area (Å²) in [5, 5.41) is 5.14. The van der Waals surface area contributed by atoms with Gasteiger partial charge < -0.3 is 15.5 Å². The summed E-state index contributed by atoms with van der Waals surface area (Å²) >= 11 is 0. The second-order valence-corrected chi connectivity index (χ2v) is 4.97. The summed E-state index contributed by atoms with van der Waals surface area (Å²) in [6, 6.07) is 2.17. The first-order valence-corrected chi connectivity index (χ1v) is 6.62. The Bertz CT molecular complexity index is 474. The molecule has 0 saturated heterocycles. The highest BCUT2D eigenvalue weighted by atomic mass is 16.2. The van der Waals surface area contributed by atoms with Gasteiger partial charge in [-0.05, 0) is 39.4 Å². The molecule has 2 N–H and O–H groups in total. The van der Waals surface area contributed by atoms with E-state index < -0.39 is 11.8 Å². The van der Waals surface area contributed by atoms with Crippen molar-refractivity contribution >= 4 is 17.5 Å². The van der Waals surface area contributed by atoms with Crippen molar-refractivity contribution in [2.45, 2.75) is 26.8 Å². The number of pyridine rings is 1. The van der Waals surface area contributed by atoms with Crippen LogP contribution in [0.25, 0.3) is 0 Å². The van der Waals surface area contributed by atoms with E-state index >= 15 is 0 Å². The van der Waals surface area contributed by atoms with Crippen molar-refractivity contribution in [3.05, 3.63) is 24.0 Å². The van der Waals surface area contributed by atoms with Gasteiger partial charge in [0.25, 0.3) is 0 Å². The molecule has 20 heavy (non-hydrogen) atoms. The molecule has 0 atom stereocenters. The molecule has 110 valence electrons. The summed E-state index contributed by atoms with van der Waals surface area (Å²) in [7, 11) is 1.97. The Kier molecular flexibility index (Phi) is 6.11. The smallest absolute Gasteiger partial charge is 0.313 e. The van der Waals surface area contributed by atoms with Crippen LogP contribution in [0.4, 0.5) is 5.69 Å². The minimum Gasteiger partial charge on any atom is -0.347 e. The summed E-state index contributed by atoms with van der Waals surface area (Å²) in [5.74, 6) is -1.31. The van der Waals surface area contributed by atoms with Gasteiger partial charge >= 0.3 is 11.8 Å². The van der Waals surface area contributed by atoms with Gasteiger partial charge in [0.1, 0.15) is 0 Å². The average Bonchev–Trinajstić information content (AvgIpc) is 2.40. The zero-order chi connectivity index (χ0) is 15.1. The maximum atomic E-state index is 11.7. The minimum absolute atomic E-state index is 0.402. The summed E-state index contributed by atoms with van der Waals surface area (Å²) in [6.45, 7) is 7.11. The van der Waals surface area contributed by atoms with Crippen molar-refractivity contribution < 1.29 is 9.59 Å². The molecule has 1 aromatic rings.